The van der Waals surface area contributed by atoms with Crippen LogP contribution in [0, 0.1) is 11.7 Å². The number of benzene rings is 1. The Hall–Kier alpha value is -0.800. The molecule has 2 rings (SSSR count). The molecule has 1 saturated heterocycles. The van der Waals surface area contributed by atoms with Gasteiger partial charge in [0, 0.05) is 24.8 Å². The van der Waals surface area contributed by atoms with Crippen LogP contribution in [0.3, 0.4) is 0 Å². The Labute approximate surface area is 113 Å². The molecule has 0 aromatic heterocycles. The first-order valence-electron chi connectivity index (χ1n) is 6.51. The minimum absolute atomic E-state index is 0.187. The van der Waals surface area contributed by atoms with E-state index in [1.165, 1.54) is 6.07 Å². The van der Waals surface area contributed by atoms with E-state index in [0.717, 1.165) is 31.7 Å². The van der Waals surface area contributed by atoms with E-state index in [1.54, 1.807) is 6.07 Å². The molecule has 1 fully saturated rings. The summed E-state index contributed by atoms with van der Waals surface area (Å²) in [7, 11) is 0. The molecule has 0 spiro atoms. The fourth-order valence-electron chi connectivity index (χ4n) is 2.31. The zero-order valence-corrected chi connectivity index (χ0v) is 11.7. The Balaban J connectivity index is 2.17. The van der Waals surface area contributed by atoms with Gasteiger partial charge >= 0.3 is 0 Å². The Morgan fingerprint density at radius 2 is 2.22 bits per heavy atom. The quantitative estimate of drug-likeness (QED) is 0.887. The molecule has 0 saturated carbocycles. The van der Waals surface area contributed by atoms with E-state index in [-0.39, 0.29) is 10.8 Å². The van der Waals surface area contributed by atoms with Crippen LogP contribution in [0.25, 0.3) is 0 Å². The highest BCUT2D eigenvalue weighted by Gasteiger charge is 2.20. The van der Waals surface area contributed by atoms with Gasteiger partial charge in [0.15, 0.2) is 0 Å². The average Bonchev–Trinajstić information content (AvgIpc) is 2.58. The molecule has 0 aliphatic carbocycles. The number of halogens is 2. The zero-order chi connectivity index (χ0) is 13.1. The predicted octanol–water partition coefficient (Wildman–Crippen LogP) is 3.30. The fraction of sp³-hybridized carbons (Fsp3) is 0.571. The van der Waals surface area contributed by atoms with Crippen molar-refractivity contribution in [3.63, 3.8) is 0 Å². The van der Waals surface area contributed by atoms with Crippen LogP contribution in [-0.4, -0.2) is 25.7 Å². The Morgan fingerprint density at radius 3 is 2.89 bits per heavy atom. The second-order valence-corrected chi connectivity index (χ2v) is 5.61. The maximum absolute atomic E-state index is 13.5. The Kier molecular flexibility index (Phi) is 4.46. The summed E-state index contributed by atoms with van der Waals surface area (Å²) in [4.78, 5) is 2.24. The molecule has 1 aliphatic rings. The van der Waals surface area contributed by atoms with Crippen LogP contribution in [0.1, 0.15) is 20.3 Å². The third-order valence-corrected chi connectivity index (χ3v) is 3.81. The number of rotatable bonds is 2. The summed E-state index contributed by atoms with van der Waals surface area (Å²) in [5.41, 5.74) is 0.922. The van der Waals surface area contributed by atoms with Crippen LogP contribution < -0.4 is 10.2 Å². The standard InChI is InChI=1S/C14H20ClFN2/c1-10(2)14-9-18(7-3-6-17-14)11-4-5-12(15)13(16)8-11/h4-5,8,10,14,17H,3,6-7,9H2,1-2H3. The van der Waals surface area contributed by atoms with Gasteiger partial charge in [-0.25, -0.2) is 4.39 Å². The number of anilines is 1. The van der Waals surface area contributed by atoms with E-state index in [0.29, 0.717) is 12.0 Å². The normalized spacial score (nSPS) is 21.2. The van der Waals surface area contributed by atoms with E-state index in [1.807, 2.05) is 6.07 Å². The molecular weight excluding hydrogens is 251 g/mol. The highest BCUT2D eigenvalue weighted by atomic mass is 35.5. The Morgan fingerprint density at radius 1 is 1.44 bits per heavy atom. The molecule has 2 nitrogen and oxygen atoms in total. The molecule has 4 heteroatoms. The number of nitrogens with zero attached hydrogens (tertiary/aromatic N) is 1. The number of hydrogen-bond acceptors (Lipinski definition) is 2. The highest BCUT2D eigenvalue weighted by molar-refractivity contribution is 6.30. The summed E-state index contributed by atoms with van der Waals surface area (Å²) in [6.07, 6.45) is 1.08. The van der Waals surface area contributed by atoms with Crippen LogP contribution in [-0.2, 0) is 0 Å². The van der Waals surface area contributed by atoms with Gasteiger partial charge in [0.25, 0.3) is 0 Å². The first-order valence-corrected chi connectivity index (χ1v) is 6.89. The van der Waals surface area contributed by atoms with Gasteiger partial charge in [-0.3, -0.25) is 0 Å². The molecule has 18 heavy (non-hydrogen) atoms. The van der Waals surface area contributed by atoms with Crippen LogP contribution >= 0.6 is 11.6 Å². The second-order valence-electron chi connectivity index (χ2n) is 5.20. The summed E-state index contributed by atoms with van der Waals surface area (Å²) in [6, 6.07) is 5.51. The summed E-state index contributed by atoms with van der Waals surface area (Å²) in [5.74, 6) is 0.232. The van der Waals surface area contributed by atoms with Crippen molar-refractivity contribution in [3.05, 3.63) is 29.0 Å². The highest BCUT2D eigenvalue weighted by Crippen LogP contribution is 2.23. The minimum atomic E-state index is -0.340. The van der Waals surface area contributed by atoms with Gasteiger partial charge in [-0.05, 0) is 37.1 Å². The average molecular weight is 271 g/mol. The minimum Gasteiger partial charge on any atom is -0.370 e. The van der Waals surface area contributed by atoms with E-state index in [4.69, 9.17) is 11.6 Å². The van der Waals surface area contributed by atoms with Gasteiger partial charge in [0.1, 0.15) is 5.82 Å². The van der Waals surface area contributed by atoms with Gasteiger partial charge in [0.05, 0.1) is 5.02 Å². The summed E-state index contributed by atoms with van der Waals surface area (Å²) in [6.45, 7) is 7.32. The topological polar surface area (TPSA) is 15.3 Å². The maximum Gasteiger partial charge on any atom is 0.143 e. The summed E-state index contributed by atoms with van der Waals surface area (Å²) in [5, 5.41) is 3.73. The molecule has 0 radical (unpaired) electrons. The first kappa shape index (κ1) is 13.6. The van der Waals surface area contributed by atoms with Gasteiger partial charge in [-0.2, -0.15) is 0 Å². The third-order valence-electron chi connectivity index (χ3n) is 3.50. The monoisotopic (exact) mass is 270 g/mol. The largest absolute Gasteiger partial charge is 0.370 e. The van der Waals surface area contributed by atoms with Crippen molar-refractivity contribution in [2.24, 2.45) is 5.92 Å². The molecule has 1 N–H and O–H groups in total. The summed E-state index contributed by atoms with van der Waals surface area (Å²) < 4.78 is 13.5. The molecule has 100 valence electrons. The molecule has 0 amide bonds. The van der Waals surface area contributed by atoms with Crippen molar-refractivity contribution in [1.29, 1.82) is 0 Å². The Bertz CT molecular complexity index is 409. The van der Waals surface area contributed by atoms with E-state index < -0.39 is 0 Å². The molecule has 1 aliphatic heterocycles. The van der Waals surface area contributed by atoms with E-state index in [2.05, 4.69) is 24.1 Å². The van der Waals surface area contributed by atoms with Crippen molar-refractivity contribution in [1.82, 2.24) is 5.32 Å². The molecule has 1 heterocycles. The smallest absolute Gasteiger partial charge is 0.143 e. The lowest BCUT2D eigenvalue weighted by atomic mass is 10.0. The number of hydrogen-bond donors (Lipinski definition) is 1. The molecule has 1 atom stereocenters. The lowest BCUT2D eigenvalue weighted by Gasteiger charge is -2.28. The van der Waals surface area contributed by atoms with Gasteiger partial charge in [-0.15, -0.1) is 0 Å². The SMILES string of the molecule is CC(C)C1CN(c2ccc(Cl)c(F)c2)CCCN1. The van der Waals surface area contributed by atoms with Crippen molar-refractivity contribution in [2.75, 3.05) is 24.5 Å². The van der Waals surface area contributed by atoms with Gasteiger partial charge < -0.3 is 10.2 Å². The number of nitrogens with one attached hydrogen (secondary N) is 1. The first-order chi connectivity index (χ1) is 8.58. The van der Waals surface area contributed by atoms with Gasteiger partial charge in [-0.1, -0.05) is 25.4 Å². The third kappa shape index (κ3) is 3.15. The molecule has 1 aromatic rings. The van der Waals surface area contributed by atoms with Crippen LogP contribution in [0.2, 0.25) is 5.02 Å². The lowest BCUT2D eigenvalue weighted by Crippen LogP contribution is -2.41. The van der Waals surface area contributed by atoms with E-state index in [9.17, 15) is 4.39 Å². The second kappa shape index (κ2) is 5.89. The van der Waals surface area contributed by atoms with Crippen LogP contribution in [0.4, 0.5) is 10.1 Å². The van der Waals surface area contributed by atoms with Crippen molar-refractivity contribution in [2.45, 2.75) is 26.3 Å². The molecular formula is C14H20ClFN2. The fourth-order valence-corrected chi connectivity index (χ4v) is 2.43. The lowest BCUT2D eigenvalue weighted by molar-refractivity contribution is 0.420. The molecule has 1 aromatic carbocycles. The van der Waals surface area contributed by atoms with Crippen molar-refractivity contribution in [3.8, 4) is 0 Å². The van der Waals surface area contributed by atoms with Crippen molar-refractivity contribution < 1.29 is 4.39 Å². The van der Waals surface area contributed by atoms with Crippen molar-refractivity contribution >= 4 is 17.3 Å². The molecule has 1 unspecified atom stereocenters. The van der Waals surface area contributed by atoms with Crippen LogP contribution in [0.5, 0.6) is 0 Å². The van der Waals surface area contributed by atoms with Crippen LogP contribution in [0.15, 0.2) is 18.2 Å². The molecule has 0 bridgehead atoms. The maximum atomic E-state index is 13.5. The summed E-state index contributed by atoms with van der Waals surface area (Å²) >= 11 is 5.73. The zero-order valence-electron chi connectivity index (χ0n) is 10.9. The van der Waals surface area contributed by atoms with Gasteiger partial charge in [0.2, 0.25) is 0 Å². The van der Waals surface area contributed by atoms with E-state index >= 15 is 0 Å². The predicted molar refractivity (Wildman–Crippen MR) is 74.9 cm³/mol.